The van der Waals surface area contributed by atoms with Gasteiger partial charge in [0.05, 0.1) is 0 Å². The van der Waals surface area contributed by atoms with Gasteiger partial charge in [0.25, 0.3) is 0 Å². The van der Waals surface area contributed by atoms with Gasteiger partial charge in [-0.3, -0.25) is 0 Å². The van der Waals surface area contributed by atoms with E-state index in [1.165, 1.54) is 0 Å². The van der Waals surface area contributed by atoms with E-state index in [4.69, 9.17) is 0 Å². The first-order chi connectivity index (χ1) is 3.25. The largest absolute Gasteiger partial charge is 2.00 e. The van der Waals surface area contributed by atoms with Gasteiger partial charge in [0.1, 0.15) is 0 Å². The van der Waals surface area contributed by atoms with E-state index in [9.17, 15) is 25.9 Å². The Bertz CT molecular complexity index is 223. The Labute approximate surface area is 61.6 Å². The first kappa shape index (κ1) is 12.1. The number of rotatable bonds is 1. The van der Waals surface area contributed by atoms with Crippen molar-refractivity contribution in [2.45, 2.75) is 0 Å². The van der Waals surface area contributed by atoms with E-state index < -0.39 is 18.3 Å². The van der Waals surface area contributed by atoms with Gasteiger partial charge in [-0.1, -0.05) is 0 Å². The van der Waals surface area contributed by atoms with E-state index in [0.717, 1.165) is 0 Å². The molecule has 56 valence electrons. The zero-order chi connectivity index (χ0) is 7.00. The molecule has 0 N–H and O–H groups in total. The molecule has 0 spiro atoms. The first-order valence-corrected chi connectivity index (χ1v) is 4.50. The summed E-state index contributed by atoms with van der Waals surface area (Å²) in [7, 11) is -11.3. The smallest absolute Gasteiger partial charge is 0.736 e. The van der Waals surface area contributed by atoms with Crippen LogP contribution in [0.2, 0.25) is 0 Å². The molecule has 0 aliphatic rings. The maximum atomic E-state index is 9.20. The van der Waals surface area contributed by atoms with Crippen molar-refractivity contribution >= 4 is 18.3 Å². The minimum atomic E-state index is -5.67. The summed E-state index contributed by atoms with van der Waals surface area (Å²) in [5, 5.41) is 0. The zero-order valence-electron chi connectivity index (χ0n) is 3.62. The maximum absolute atomic E-state index is 9.20. The quantitative estimate of drug-likeness (QED) is 0.284. The van der Waals surface area contributed by atoms with Crippen LogP contribution in [-0.4, -0.2) is 25.9 Å². The first-order valence-electron chi connectivity index (χ1n) is 1.17. The second kappa shape index (κ2) is 2.95. The molecular formula is FeO6S2. The Kier molecular flexibility index (Phi) is 3.95. The third-order valence-electron chi connectivity index (χ3n) is 0.250. The average molecular weight is 216 g/mol. The van der Waals surface area contributed by atoms with Gasteiger partial charge in [-0.15, -0.1) is 0 Å². The molecule has 0 heterocycles. The van der Waals surface area contributed by atoms with Gasteiger partial charge in [-0.05, 0) is 0 Å². The fourth-order valence-electron chi connectivity index (χ4n) is 0. The van der Waals surface area contributed by atoms with Crippen LogP contribution in [0, 0.1) is 0 Å². The Balaban J connectivity index is 0. The predicted octanol–water partition coefficient (Wildman–Crippen LogP) is -2.01. The van der Waals surface area contributed by atoms with Crippen LogP contribution in [0.1, 0.15) is 0 Å². The third-order valence-corrected chi connectivity index (χ3v) is 2.25. The molecule has 0 saturated heterocycles. The zero-order valence-corrected chi connectivity index (χ0v) is 6.36. The van der Waals surface area contributed by atoms with Gasteiger partial charge in [0.15, 0.2) is 18.3 Å². The number of hydrogen-bond acceptors (Lipinski definition) is 6. The van der Waals surface area contributed by atoms with Crippen molar-refractivity contribution in [2.75, 3.05) is 0 Å². The summed E-state index contributed by atoms with van der Waals surface area (Å²) in [6.45, 7) is 0. The van der Waals surface area contributed by atoms with Gasteiger partial charge in [-0.25, -0.2) is 16.8 Å². The van der Waals surface area contributed by atoms with Gasteiger partial charge < -0.3 is 9.11 Å². The second-order valence-corrected chi connectivity index (χ2v) is 4.90. The van der Waals surface area contributed by atoms with Crippen molar-refractivity contribution in [3.8, 4) is 0 Å². The molecule has 0 fully saturated rings. The van der Waals surface area contributed by atoms with Crippen molar-refractivity contribution in [1.82, 2.24) is 0 Å². The molecule has 0 aromatic heterocycles. The Morgan fingerprint density at radius 1 is 0.778 bits per heavy atom. The topological polar surface area (TPSA) is 114 Å². The third kappa shape index (κ3) is 3.84. The van der Waals surface area contributed by atoms with E-state index in [1.807, 2.05) is 0 Å². The summed E-state index contributed by atoms with van der Waals surface area (Å²) < 4.78 is 55.2. The molecule has 0 aromatic carbocycles. The normalized spacial score (nSPS) is 12.2. The fraction of sp³-hybridized carbons (Fsp3) is 0. The van der Waals surface area contributed by atoms with Crippen LogP contribution in [0.5, 0.6) is 0 Å². The molecule has 0 aromatic rings. The van der Waals surface area contributed by atoms with Gasteiger partial charge in [0.2, 0.25) is 0 Å². The Hall–Kier alpha value is 0.339. The van der Waals surface area contributed by atoms with Crippen molar-refractivity contribution in [3.05, 3.63) is 0 Å². The minimum Gasteiger partial charge on any atom is -0.736 e. The molecule has 0 saturated carbocycles. The van der Waals surface area contributed by atoms with Crippen LogP contribution in [0.3, 0.4) is 0 Å². The molecule has 0 bridgehead atoms. The predicted molar refractivity (Wildman–Crippen MR) is 19.4 cm³/mol. The Morgan fingerprint density at radius 2 is 0.889 bits per heavy atom. The van der Waals surface area contributed by atoms with Gasteiger partial charge in [-0.2, -0.15) is 0 Å². The SMILES string of the molecule is O=S(=O)([O-])S(=O)(=O)[O-].[Fe+2]. The van der Waals surface area contributed by atoms with Crippen LogP contribution >= 0.6 is 0 Å². The minimum absolute atomic E-state index is 0. The van der Waals surface area contributed by atoms with Crippen molar-refractivity contribution in [2.24, 2.45) is 0 Å². The summed E-state index contributed by atoms with van der Waals surface area (Å²) in [5.41, 5.74) is 0. The molecule has 9 heteroatoms. The molecule has 0 rings (SSSR count). The Morgan fingerprint density at radius 3 is 0.889 bits per heavy atom. The van der Waals surface area contributed by atoms with Crippen molar-refractivity contribution in [1.29, 1.82) is 0 Å². The molecule has 0 amide bonds. The summed E-state index contributed by atoms with van der Waals surface area (Å²) in [6, 6.07) is 0. The van der Waals surface area contributed by atoms with Crippen LogP contribution in [-0.2, 0) is 35.4 Å². The molecule has 0 radical (unpaired) electrons. The molecule has 0 aliphatic heterocycles. The average Bonchev–Trinajstić information content (AvgIpc) is 1.25. The summed E-state index contributed by atoms with van der Waals surface area (Å²) in [4.78, 5) is 0. The van der Waals surface area contributed by atoms with Crippen molar-refractivity contribution < 1.29 is 43.0 Å². The van der Waals surface area contributed by atoms with Gasteiger partial charge in [0, 0.05) is 0 Å². The molecule has 0 aliphatic carbocycles. The standard InChI is InChI=1S/Fe.H2O6S2/c;1-7(2,3)8(4,5)6/h;(H,1,2,3)(H,4,5,6)/q+2;/p-2. The van der Waals surface area contributed by atoms with Crippen LogP contribution in [0.15, 0.2) is 0 Å². The number of hydrogen-bond donors (Lipinski definition) is 0. The van der Waals surface area contributed by atoms with E-state index in [0.29, 0.717) is 0 Å². The molecule has 0 unspecified atom stereocenters. The maximum Gasteiger partial charge on any atom is 2.00 e. The van der Waals surface area contributed by atoms with Crippen LogP contribution in [0.25, 0.3) is 0 Å². The van der Waals surface area contributed by atoms with Crippen molar-refractivity contribution in [3.63, 3.8) is 0 Å². The van der Waals surface area contributed by atoms with E-state index in [-0.39, 0.29) is 17.1 Å². The van der Waals surface area contributed by atoms with Crippen LogP contribution in [0.4, 0.5) is 0 Å². The fourth-order valence-corrected chi connectivity index (χ4v) is 0. The van der Waals surface area contributed by atoms with E-state index in [2.05, 4.69) is 0 Å². The van der Waals surface area contributed by atoms with Gasteiger partial charge >= 0.3 is 17.1 Å². The van der Waals surface area contributed by atoms with E-state index >= 15 is 0 Å². The second-order valence-electron chi connectivity index (χ2n) is 0.816. The monoisotopic (exact) mass is 216 g/mol. The molecule has 6 nitrogen and oxygen atoms in total. The molecule has 9 heavy (non-hydrogen) atoms. The summed E-state index contributed by atoms with van der Waals surface area (Å²) in [5.74, 6) is 0. The summed E-state index contributed by atoms with van der Waals surface area (Å²) >= 11 is 0. The molecule has 0 atom stereocenters. The van der Waals surface area contributed by atoms with Crippen LogP contribution < -0.4 is 0 Å². The van der Waals surface area contributed by atoms with E-state index in [1.54, 1.807) is 0 Å². The summed E-state index contributed by atoms with van der Waals surface area (Å²) in [6.07, 6.45) is 0. The molecular weight excluding hydrogens is 216 g/mol.